The van der Waals surface area contributed by atoms with E-state index in [9.17, 15) is 4.79 Å². The topological polar surface area (TPSA) is 41.6 Å². The molecule has 3 saturated carbocycles. The Morgan fingerprint density at radius 2 is 1.87 bits per heavy atom. The van der Waals surface area contributed by atoms with Gasteiger partial charge in [-0.2, -0.15) is 0 Å². The Labute approximate surface area is 140 Å². The molecule has 4 aliphatic rings. The number of carbonyl (C=O) groups excluding carboxylic acids is 1. The van der Waals surface area contributed by atoms with E-state index in [1.54, 1.807) is 0 Å². The summed E-state index contributed by atoms with van der Waals surface area (Å²) in [5.74, 6) is 4.66. The average Bonchev–Trinajstić information content (AvgIpc) is 2.86. The second kappa shape index (κ2) is 5.65. The van der Waals surface area contributed by atoms with Gasteiger partial charge in [0.2, 0.25) is 0 Å². The van der Waals surface area contributed by atoms with Crippen molar-refractivity contribution in [1.29, 1.82) is 0 Å². The minimum Gasteiger partial charge on any atom is -0.444 e. The second-order valence-corrected chi connectivity index (χ2v) is 9.36. The van der Waals surface area contributed by atoms with Gasteiger partial charge in [0.1, 0.15) is 5.60 Å². The summed E-state index contributed by atoms with van der Waals surface area (Å²) in [5.41, 5.74) is -0.396. The summed E-state index contributed by atoms with van der Waals surface area (Å²) in [6.07, 6.45) is 6.70. The number of nitrogens with zero attached hydrogens (tertiary/aromatic N) is 1. The van der Waals surface area contributed by atoms with Crippen molar-refractivity contribution in [2.45, 2.75) is 64.5 Å². The standard InChI is InChI=1S/C19H32N2O2/c1-19(2,3)23-18(22)21-8-4-5-12(11-21)10-20-17-15-13-6-7-14(9-13)16(15)17/h12-17,20H,4-11H2,1-3H3. The highest BCUT2D eigenvalue weighted by Gasteiger charge is 2.64. The van der Waals surface area contributed by atoms with Crippen molar-refractivity contribution in [1.82, 2.24) is 10.2 Å². The number of fused-ring (bicyclic) bond motifs is 5. The van der Waals surface area contributed by atoms with E-state index in [-0.39, 0.29) is 6.09 Å². The van der Waals surface area contributed by atoms with Gasteiger partial charge in [-0.1, -0.05) is 0 Å². The van der Waals surface area contributed by atoms with Gasteiger partial charge in [0.15, 0.2) is 0 Å². The number of nitrogens with one attached hydrogen (secondary N) is 1. The van der Waals surface area contributed by atoms with E-state index >= 15 is 0 Å². The average molecular weight is 320 g/mol. The number of piperidine rings is 1. The van der Waals surface area contributed by atoms with Gasteiger partial charge in [-0.3, -0.25) is 0 Å². The molecule has 23 heavy (non-hydrogen) atoms. The van der Waals surface area contributed by atoms with Crippen LogP contribution in [0.2, 0.25) is 0 Å². The van der Waals surface area contributed by atoms with Gasteiger partial charge in [0, 0.05) is 19.1 Å². The number of ether oxygens (including phenoxy) is 1. The summed E-state index contributed by atoms with van der Waals surface area (Å²) >= 11 is 0. The third kappa shape index (κ3) is 3.11. The van der Waals surface area contributed by atoms with Crippen LogP contribution >= 0.6 is 0 Å². The molecule has 5 atom stereocenters. The maximum atomic E-state index is 12.2. The first-order valence-corrected chi connectivity index (χ1v) is 9.64. The molecule has 0 aromatic heterocycles. The van der Waals surface area contributed by atoms with E-state index in [4.69, 9.17) is 4.74 Å². The molecule has 5 unspecified atom stereocenters. The summed E-state index contributed by atoms with van der Waals surface area (Å²) in [6, 6.07) is 0.804. The number of carbonyl (C=O) groups is 1. The molecular formula is C19H32N2O2. The molecule has 0 aromatic carbocycles. The van der Waals surface area contributed by atoms with E-state index in [0.29, 0.717) is 5.92 Å². The van der Waals surface area contributed by atoms with Crippen LogP contribution in [0.5, 0.6) is 0 Å². The van der Waals surface area contributed by atoms with E-state index in [2.05, 4.69) is 5.32 Å². The third-order valence-corrected chi connectivity index (χ3v) is 6.55. The van der Waals surface area contributed by atoms with Gasteiger partial charge >= 0.3 is 6.09 Å². The summed E-state index contributed by atoms with van der Waals surface area (Å²) in [4.78, 5) is 14.2. The van der Waals surface area contributed by atoms with Crippen LogP contribution in [0, 0.1) is 29.6 Å². The van der Waals surface area contributed by atoms with Crippen molar-refractivity contribution in [3.8, 4) is 0 Å². The van der Waals surface area contributed by atoms with Crippen molar-refractivity contribution in [3.05, 3.63) is 0 Å². The number of rotatable bonds is 3. The lowest BCUT2D eigenvalue weighted by atomic mass is 9.98. The Morgan fingerprint density at radius 3 is 2.52 bits per heavy atom. The molecule has 3 aliphatic carbocycles. The van der Waals surface area contributed by atoms with Crippen LogP contribution in [0.15, 0.2) is 0 Å². The number of likely N-dealkylation sites (tertiary alicyclic amines) is 1. The lowest BCUT2D eigenvalue weighted by Gasteiger charge is -2.34. The van der Waals surface area contributed by atoms with Crippen LogP contribution in [0.4, 0.5) is 4.79 Å². The molecule has 0 radical (unpaired) electrons. The van der Waals surface area contributed by atoms with Gasteiger partial charge in [0.25, 0.3) is 0 Å². The van der Waals surface area contributed by atoms with Crippen molar-refractivity contribution < 1.29 is 9.53 Å². The van der Waals surface area contributed by atoms with Gasteiger partial charge in [0.05, 0.1) is 0 Å². The molecule has 1 heterocycles. The quantitative estimate of drug-likeness (QED) is 0.868. The summed E-state index contributed by atoms with van der Waals surface area (Å²) in [6.45, 7) is 8.60. The molecule has 1 aliphatic heterocycles. The Balaban J connectivity index is 1.24. The fraction of sp³-hybridized carbons (Fsp3) is 0.947. The lowest BCUT2D eigenvalue weighted by Crippen LogP contribution is -2.45. The molecule has 1 amide bonds. The van der Waals surface area contributed by atoms with Crippen molar-refractivity contribution in [3.63, 3.8) is 0 Å². The fourth-order valence-electron chi connectivity index (χ4n) is 5.62. The molecule has 4 rings (SSSR count). The van der Waals surface area contributed by atoms with Gasteiger partial charge in [-0.25, -0.2) is 4.79 Å². The predicted molar refractivity (Wildman–Crippen MR) is 90.1 cm³/mol. The van der Waals surface area contributed by atoms with E-state index in [1.807, 2.05) is 25.7 Å². The maximum absolute atomic E-state index is 12.2. The van der Waals surface area contributed by atoms with Crippen LogP contribution in [0.1, 0.15) is 52.9 Å². The lowest BCUT2D eigenvalue weighted by molar-refractivity contribution is 0.0166. The van der Waals surface area contributed by atoms with Crippen LogP contribution in [0.3, 0.4) is 0 Å². The van der Waals surface area contributed by atoms with Gasteiger partial charge in [-0.15, -0.1) is 0 Å². The number of amides is 1. The molecule has 4 heteroatoms. The molecule has 1 saturated heterocycles. The SMILES string of the molecule is CC(C)(C)OC(=O)N1CCCC(CNC2C3C4CCC(C4)C23)C1. The zero-order valence-electron chi connectivity index (χ0n) is 14.9. The predicted octanol–water partition coefficient (Wildman–Crippen LogP) is 3.27. The first kappa shape index (κ1) is 15.7. The van der Waals surface area contributed by atoms with E-state index < -0.39 is 5.60 Å². The molecule has 4 nitrogen and oxygen atoms in total. The largest absolute Gasteiger partial charge is 0.444 e. The Hall–Kier alpha value is -0.770. The molecule has 0 aromatic rings. The van der Waals surface area contributed by atoms with Gasteiger partial charge in [-0.05, 0) is 89.0 Å². The van der Waals surface area contributed by atoms with Crippen molar-refractivity contribution in [2.75, 3.05) is 19.6 Å². The highest BCUT2D eigenvalue weighted by Crippen LogP contribution is 2.65. The first-order valence-electron chi connectivity index (χ1n) is 9.64. The van der Waals surface area contributed by atoms with Crippen LogP contribution in [-0.2, 0) is 4.74 Å². The van der Waals surface area contributed by atoms with Crippen LogP contribution < -0.4 is 5.32 Å². The molecular weight excluding hydrogens is 288 g/mol. The highest BCUT2D eigenvalue weighted by molar-refractivity contribution is 5.68. The first-order chi connectivity index (χ1) is 10.9. The monoisotopic (exact) mass is 320 g/mol. The van der Waals surface area contributed by atoms with E-state index in [1.165, 1.54) is 25.7 Å². The van der Waals surface area contributed by atoms with Crippen LogP contribution in [-0.4, -0.2) is 42.3 Å². The molecule has 130 valence electrons. The summed E-state index contributed by atoms with van der Waals surface area (Å²) in [7, 11) is 0. The smallest absolute Gasteiger partial charge is 0.410 e. The molecule has 4 fully saturated rings. The normalized spacial score (nSPS) is 41.8. The summed E-state index contributed by atoms with van der Waals surface area (Å²) in [5, 5.41) is 3.86. The zero-order valence-corrected chi connectivity index (χ0v) is 14.9. The molecule has 0 spiro atoms. The number of hydrogen-bond acceptors (Lipinski definition) is 3. The second-order valence-electron chi connectivity index (χ2n) is 9.36. The third-order valence-electron chi connectivity index (χ3n) is 6.55. The minimum absolute atomic E-state index is 0.136. The maximum Gasteiger partial charge on any atom is 0.410 e. The Bertz CT molecular complexity index is 456. The highest BCUT2D eigenvalue weighted by atomic mass is 16.6. The van der Waals surface area contributed by atoms with Crippen molar-refractivity contribution in [2.24, 2.45) is 29.6 Å². The zero-order chi connectivity index (χ0) is 16.2. The Morgan fingerprint density at radius 1 is 1.17 bits per heavy atom. The fourth-order valence-corrected chi connectivity index (χ4v) is 5.62. The van der Waals surface area contributed by atoms with E-state index in [0.717, 1.165) is 55.8 Å². The minimum atomic E-state index is -0.396. The molecule has 1 N–H and O–H groups in total. The van der Waals surface area contributed by atoms with Crippen LogP contribution in [0.25, 0.3) is 0 Å². The van der Waals surface area contributed by atoms with Crippen molar-refractivity contribution >= 4 is 6.09 Å². The molecule has 2 bridgehead atoms. The summed E-state index contributed by atoms with van der Waals surface area (Å²) < 4.78 is 5.53. The number of hydrogen-bond donors (Lipinski definition) is 1. The van der Waals surface area contributed by atoms with Gasteiger partial charge < -0.3 is 15.0 Å². The Kier molecular flexibility index (Phi) is 3.86.